The van der Waals surface area contributed by atoms with E-state index in [1.54, 1.807) is 37.3 Å². The number of fused-ring (bicyclic) bond motifs is 1. The molecule has 0 spiro atoms. The molecule has 146 valence electrons. The van der Waals surface area contributed by atoms with Gasteiger partial charge in [0.1, 0.15) is 27.7 Å². The lowest BCUT2D eigenvalue weighted by Crippen LogP contribution is -2.42. The van der Waals surface area contributed by atoms with Gasteiger partial charge in [-0.25, -0.2) is 4.79 Å². The normalized spacial score (nSPS) is 16.6. The second-order valence-electron chi connectivity index (χ2n) is 6.03. The fourth-order valence-electron chi connectivity index (χ4n) is 3.13. The molecule has 1 atom stereocenters. The van der Waals surface area contributed by atoms with Crippen molar-refractivity contribution in [2.24, 2.45) is 0 Å². The van der Waals surface area contributed by atoms with Crippen LogP contribution < -0.4 is 16.3 Å². The van der Waals surface area contributed by atoms with Crippen LogP contribution in [0.25, 0.3) is 11.0 Å². The van der Waals surface area contributed by atoms with Gasteiger partial charge < -0.3 is 19.3 Å². The summed E-state index contributed by atoms with van der Waals surface area (Å²) >= 11 is 1.01. The van der Waals surface area contributed by atoms with Gasteiger partial charge in [-0.3, -0.25) is 9.36 Å². The van der Waals surface area contributed by atoms with Gasteiger partial charge in [0.2, 0.25) is 0 Å². The first-order chi connectivity index (χ1) is 14.1. The van der Waals surface area contributed by atoms with Gasteiger partial charge in [0.15, 0.2) is 5.69 Å². The van der Waals surface area contributed by atoms with E-state index in [2.05, 4.69) is 0 Å². The van der Waals surface area contributed by atoms with Gasteiger partial charge in [0.05, 0.1) is 30.2 Å². The SMILES string of the molecule is CCOC(=O)C1=c2c(=Cc3ccco3)c(N)c(C#N)n2C(=O)C(c2ccco2)S1. The molecule has 0 aliphatic carbocycles. The molecular weight excluding hydrogens is 394 g/mol. The Morgan fingerprint density at radius 2 is 2.14 bits per heavy atom. The van der Waals surface area contributed by atoms with E-state index in [0.29, 0.717) is 16.7 Å². The van der Waals surface area contributed by atoms with Crippen molar-refractivity contribution < 1.29 is 23.2 Å². The monoisotopic (exact) mass is 409 g/mol. The topological polar surface area (TPSA) is 124 Å². The molecule has 0 radical (unpaired) electrons. The summed E-state index contributed by atoms with van der Waals surface area (Å²) in [5.74, 6) is -0.224. The van der Waals surface area contributed by atoms with Crippen molar-refractivity contribution in [3.05, 3.63) is 64.6 Å². The minimum absolute atomic E-state index is 0.0542. The lowest BCUT2D eigenvalue weighted by molar-refractivity contribution is -0.135. The van der Waals surface area contributed by atoms with Gasteiger partial charge in [-0.1, -0.05) is 11.8 Å². The summed E-state index contributed by atoms with van der Waals surface area (Å²) in [5.41, 5.74) is 6.23. The lowest BCUT2D eigenvalue weighted by Gasteiger charge is -2.21. The number of aromatic nitrogens is 1. The van der Waals surface area contributed by atoms with Crippen LogP contribution in [0.5, 0.6) is 0 Å². The Hall–Kier alpha value is -3.64. The molecule has 4 rings (SSSR count). The summed E-state index contributed by atoms with van der Waals surface area (Å²) < 4.78 is 17.1. The third-order valence-corrected chi connectivity index (χ3v) is 5.61. The second kappa shape index (κ2) is 7.41. The van der Waals surface area contributed by atoms with Crippen LogP contribution in [0, 0.1) is 11.3 Å². The largest absolute Gasteiger partial charge is 0.468 e. The summed E-state index contributed by atoms with van der Waals surface area (Å²) in [6.45, 7) is 1.84. The number of hydrogen-bond acceptors (Lipinski definition) is 8. The number of hydrogen-bond donors (Lipinski definition) is 1. The summed E-state index contributed by atoms with van der Waals surface area (Å²) in [6, 6.07) is 8.65. The van der Waals surface area contributed by atoms with E-state index in [1.165, 1.54) is 17.1 Å². The highest BCUT2D eigenvalue weighted by atomic mass is 32.2. The maximum atomic E-state index is 13.3. The third-order valence-electron chi connectivity index (χ3n) is 4.34. The van der Waals surface area contributed by atoms with Gasteiger partial charge in [-0.2, -0.15) is 5.26 Å². The number of ether oxygens (including phenoxy) is 1. The van der Waals surface area contributed by atoms with Crippen LogP contribution in [0.2, 0.25) is 0 Å². The van der Waals surface area contributed by atoms with Crippen LogP contribution in [0.15, 0.2) is 45.6 Å². The van der Waals surface area contributed by atoms with Crippen LogP contribution >= 0.6 is 11.8 Å². The van der Waals surface area contributed by atoms with Crippen molar-refractivity contribution in [2.75, 3.05) is 12.3 Å². The highest BCUT2D eigenvalue weighted by Crippen LogP contribution is 2.39. The van der Waals surface area contributed by atoms with Crippen molar-refractivity contribution in [3.8, 4) is 6.07 Å². The Morgan fingerprint density at radius 3 is 2.76 bits per heavy atom. The minimum atomic E-state index is -0.854. The Morgan fingerprint density at radius 1 is 1.38 bits per heavy atom. The van der Waals surface area contributed by atoms with Crippen LogP contribution in [-0.2, 0) is 9.53 Å². The van der Waals surface area contributed by atoms with Crippen molar-refractivity contribution >= 4 is 40.3 Å². The molecule has 0 saturated carbocycles. The zero-order valence-electron chi connectivity index (χ0n) is 15.2. The molecule has 2 N–H and O–H groups in total. The maximum Gasteiger partial charge on any atom is 0.346 e. The van der Waals surface area contributed by atoms with Crippen LogP contribution in [0.3, 0.4) is 0 Å². The molecule has 8 nitrogen and oxygen atoms in total. The smallest absolute Gasteiger partial charge is 0.346 e. The van der Waals surface area contributed by atoms with Gasteiger partial charge >= 0.3 is 5.97 Å². The third kappa shape index (κ3) is 3.03. The van der Waals surface area contributed by atoms with E-state index in [9.17, 15) is 14.9 Å². The number of rotatable bonds is 4. The fraction of sp³-hybridized carbons (Fsp3) is 0.150. The average molecular weight is 409 g/mol. The minimum Gasteiger partial charge on any atom is -0.468 e. The number of thioether (sulfide) groups is 1. The quantitative estimate of drug-likeness (QED) is 0.646. The molecule has 0 aromatic carbocycles. The molecule has 0 amide bonds. The first kappa shape index (κ1) is 18.7. The Bertz CT molecular complexity index is 1250. The predicted octanol–water partition coefficient (Wildman–Crippen LogP) is 1.76. The van der Waals surface area contributed by atoms with Gasteiger partial charge in [-0.15, -0.1) is 0 Å². The molecule has 0 fully saturated rings. The zero-order chi connectivity index (χ0) is 20.5. The van der Waals surface area contributed by atoms with Gasteiger partial charge in [0.25, 0.3) is 5.91 Å². The van der Waals surface area contributed by atoms with E-state index in [0.717, 1.165) is 11.8 Å². The molecule has 1 aliphatic rings. The Kier molecular flexibility index (Phi) is 4.78. The van der Waals surface area contributed by atoms with Crippen LogP contribution in [0.4, 0.5) is 5.69 Å². The maximum absolute atomic E-state index is 13.3. The van der Waals surface area contributed by atoms with E-state index in [4.69, 9.17) is 19.3 Å². The fourth-order valence-corrected chi connectivity index (χ4v) is 4.29. The molecule has 9 heteroatoms. The van der Waals surface area contributed by atoms with Crippen molar-refractivity contribution in [1.29, 1.82) is 5.26 Å². The number of esters is 1. The van der Waals surface area contributed by atoms with Gasteiger partial charge in [0, 0.05) is 5.22 Å². The van der Waals surface area contributed by atoms with E-state index >= 15 is 0 Å². The molecule has 3 aromatic rings. The number of nitrogen functional groups attached to an aromatic ring is 1. The van der Waals surface area contributed by atoms with Crippen molar-refractivity contribution in [1.82, 2.24) is 4.57 Å². The lowest BCUT2D eigenvalue weighted by atomic mass is 10.2. The molecule has 4 heterocycles. The predicted molar refractivity (Wildman–Crippen MR) is 105 cm³/mol. The number of nitriles is 1. The highest BCUT2D eigenvalue weighted by Gasteiger charge is 2.38. The summed E-state index contributed by atoms with van der Waals surface area (Å²) in [5, 5.41) is 9.39. The number of nitrogens with zero attached hydrogens (tertiary/aromatic N) is 2. The molecule has 1 aliphatic heterocycles. The van der Waals surface area contributed by atoms with Crippen LogP contribution in [-0.4, -0.2) is 23.1 Å². The number of furan rings is 2. The zero-order valence-corrected chi connectivity index (χ0v) is 16.1. The Labute approximate surface area is 168 Å². The Balaban J connectivity index is 2.09. The van der Waals surface area contributed by atoms with Crippen molar-refractivity contribution in [3.63, 3.8) is 0 Å². The van der Waals surface area contributed by atoms with E-state index < -0.39 is 17.1 Å². The van der Waals surface area contributed by atoms with Gasteiger partial charge in [-0.05, 0) is 37.3 Å². The molecule has 1 unspecified atom stereocenters. The highest BCUT2D eigenvalue weighted by molar-refractivity contribution is 8.10. The molecule has 3 aromatic heterocycles. The second-order valence-corrected chi connectivity index (χ2v) is 7.15. The average Bonchev–Trinajstić information content (AvgIpc) is 3.45. The first-order valence-corrected chi connectivity index (χ1v) is 9.56. The number of carbonyl (C=O) groups is 2. The summed E-state index contributed by atoms with van der Waals surface area (Å²) in [6.07, 6.45) is 4.51. The molecular formula is C20H15N3O5S. The van der Waals surface area contributed by atoms with Crippen LogP contribution in [0.1, 0.15) is 34.2 Å². The van der Waals surface area contributed by atoms with Crippen molar-refractivity contribution in [2.45, 2.75) is 12.2 Å². The molecule has 0 bridgehead atoms. The first-order valence-electron chi connectivity index (χ1n) is 8.68. The molecule has 0 saturated heterocycles. The number of nitrogens with two attached hydrogens (primary N) is 1. The molecule has 29 heavy (non-hydrogen) atoms. The summed E-state index contributed by atoms with van der Waals surface area (Å²) in [7, 11) is 0. The number of carbonyl (C=O) groups excluding carboxylic acids is 2. The standard InChI is InChI=1S/C20H15N3O5S/c1-2-26-20(25)18-16-12(9-11-5-3-7-27-11)15(22)13(10-21)23(16)19(24)17(29-18)14-6-4-8-28-14/h3-9,17H,2,22H2,1H3. The van der Waals surface area contributed by atoms with E-state index in [-0.39, 0.29) is 28.2 Å². The summed E-state index contributed by atoms with van der Waals surface area (Å²) in [4.78, 5) is 26.2. The number of anilines is 1. The van der Waals surface area contributed by atoms with E-state index in [1.807, 2.05) is 6.07 Å².